The molecule has 0 aromatic carbocycles. The van der Waals surface area contributed by atoms with Crippen LogP contribution in [0.4, 0.5) is 0 Å². The van der Waals surface area contributed by atoms with Crippen molar-refractivity contribution in [3.05, 3.63) is 24.3 Å². The van der Waals surface area contributed by atoms with E-state index >= 15 is 0 Å². The number of hydrogen-bond acceptors (Lipinski definition) is 3. The van der Waals surface area contributed by atoms with Crippen molar-refractivity contribution in [3.63, 3.8) is 0 Å². The highest BCUT2D eigenvalue weighted by atomic mass is 16.1. The van der Waals surface area contributed by atoms with E-state index in [1.54, 1.807) is 18.6 Å². The number of rotatable bonds is 2. The van der Waals surface area contributed by atoms with Gasteiger partial charge in [0.1, 0.15) is 5.69 Å². The molecular formula is C10H11N3O. The summed E-state index contributed by atoms with van der Waals surface area (Å²) in [5.41, 5.74) is 0.648. The lowest BCUT2D eigenvalue weighted by molar-refractivity contribution is -0.118. The van der Waals surface area contributed by atoms with Crippen molar-refractivity contribution < 1.29 is 4.79 Å². The summed E-state index contributed by atoms with van der Waals surface area (Å²) in [5.74, 6) is 5.70. The van der Waals surface area contributed by atoms with Crippen LogP contribution in [0.15, 0.2) is 18.6 Å². The third-order valence-corrected chi connectivity index (χ3v) is 1.40. The van der Waals surface area contributed by atoms with E-state index in [1.807, 2.05) is 0 Å². The second kappa shape index (κ2) is 5.70. The Labute approximate surface area is 82.8 Å². The molecule has 4 heteroatoms. The number of carbonyl (C=O) groups excluding carboxylic acids is 1. The van der Waals surface area contributed by atoms with Crippen LogP contribution in [0.2, 0.25) is 0 Å². The van der Waals surface area contributed by atoms with Crippen LogP contribution in [0.3, 0.4) is 0 Å². The zero-order chi connectivity index (χ0) is 10.2. The van der Waals surface area contributed by atoms with Crippen LogP contribution in [-0.2, 0) is 4.79 Å². The fraction of sp³-hybridized carbons (Fsp3) is 0.300. The van der Waals surface area contributed by atoms with Crippen molar-refractivity contribution in [1.29, 1.82) is 0 Å². The Balaban J connectivity index is 2.31. The number of nitrogens with one attached hydrogen (secondary N) is 1. The molecular weight excluding hydrogens is 178 g/mol. The first-order valence-electron chi connectivity index (χ1n) is 4.28. The Morgan fingerprint density at radius 1 is 1.57 bits per heavy atom. The van der Waals surface area contributed by atoms with E-state index in [2.05, 4.69) is 27.1 Å². The summed E-state index contributed by atoms with van der Waals surface area (Å²) in [7, 11) is 0. The Hall–Kier alpha value is -1.89. The van der Waals surface area contributed by atoms with Gasteiger partial charge in [-0.05, 0) is 5.92 Å². The minimum absolute atomic E-state index is 0.0358. The van der Waals surface area contributed by atoms with Gasteiger partial charge in [-0.15, -0.1) is 0 Å². The van der Waals surface area contributed by atoms with Gasteiger partial charge in [0, 0.05) is 32.3 Å². The Morgan fingerprint density at radius 3 is 3.07 bits per heavy atom. The highest BCUT2D eigenvalue weighted by Crippen LogP contribution is 1.85. The highest BCUT2D eigenvalue weighted by molar-refractivity contribution is 5.72. The first-order valence-corrected chi connectivity index (χ1v) is 4.28. The fourth-order valence-corrected chi connectivity index (χ4v) is 0.818. The molecule has 72 valence electrons. The van der Waals surface area contributed by atoms with Gasteiger partial charge in [0.2, 0.25) is 5.91 Å². The first-order chi connectivity index (χ1) is 6.79. The molecule has 1 amide bonds. The van der Waals surface area contributed by atoms with E-state index in [9.17, 15) is 4.79 Å². The van der Waals surface area contributed by atoms with Gasteiger partial charge >= 0.3 is 0 Å². The predicted molar refractivity (Wildman–Crippen MR) is 52.2 cm³/mol. The van der Waals surface area contributed by atoms with Gasteiger partial charge in [-0.3, -0.25) is 9.78 Å². The minimum atomic E-state index is -0.0358. The van der Waals surface area contributed by atoms with E-state index in [0.29, 0.717) is 18.7 Å². The summed E-state index contributed by atoms with van der Waals surface area (Å²) in [6.45, 7) is 2.05. The molecule has 0 saturated heterocycles. The first kappa shape index (κ1) is 10.2. The summed E-state index contributed by atoms with van der Waals surface area (Å²) in [6, 6.07) is 0. The van der Waals surface area contributed by atoms with E-state index in [4.69, 9.17) is 0 Å². The van der Waals surface area contributed by atoms with E-state index in [1.165, 1.54) is 6.92 Å². The highest BCUT2D eigenvalue weighted by Gasteiger charge is 1.87. The van der Waals surface area contributed by atoms with Crippen molar-refractivity contribution in [2.24, 2.45) is 0 Å². The summed E-state index contributed by atoms with van der Waals surface area (Å²) in [6.07, 6.45) is 5.42. The van der Waals surface area contributed by atoms with Crippen molar-refractivity contribution in [3.8, 4) is 11.8 Å². The largest absolute Gasteiger partial charge is 0.355 e. The monoisotopic (exact) mass is 189 g/mol. The zero-order valence-corrected chi connectivity index (χ0v) is 7.95. The maximum Gasteiger partial charge on any atom is 0.216 e. The van der Waals surface area contributed by atoms with Crippen molar-refractivity contribution in [2.45, 2.75) is 13.3 Å². The molecule has 0 aliphatic rings. The molecule has 0 atom stereocenters. The smallest absolute Gasteiger partial charge is 0.216 e. The lowest BCUT2D eigenvalue weighted by Gasteiger charge is -1.94. The molecule has 0 fully saturated rings. The molecule has 0 spiro atoms. The standard InChI is InChI=1S/C10H11N3O/c1-9(14)12-5-3-2-4-10-8-11-6-7-13-10/h6-8H,3,5H2,1H3,(H,12,14). The summed E-state index contributed by atoms with van der Waals surface area (Å²) < 4.78 is 0. The molecule has 1 aromatic heterocycles. The SMILES string of the molecule is CC(=O)NCCC#Cc1cnccn1. The zero-order valence-electron chi connectivity index (χ0n) is 7.95. The molecule has 0 saturated carbocycles. The van der Waals surface area contributed by atoms with Crippen LogP contribution in [-0.4, -0.2) is 22.4 Å². The normalized spacial score (nSPS) is 8.64. The van der Waals surface area contributed by atoms with Gasteiger partial charge in [-0.25, -0.2) is 4.98 Å². The topological polar surface area (TPSA) is 54.9 Å². The molecule has 1 rings (SSSR count). The van der Waals surface area contributed by atoms with E-state index in [0.717, 1.165) is 0 Å². The molecule has 1 heterocycles. The van der Waals surface area contributed by atoms with Gasteiger partial charge in [0.15, 0.2) is 0 Å². The number of hydrogen-bond donors (Lipinski definition) is 1. The lowest BCUT2D eigenvalue weighted by Crippen LogP contribution is -2.20. The van der Waals surface area contributed by atoms with Gasteiger partial charge in [-0.1, -0.05) is 5.92 Å². The quantitative estimate of drug-likeness (QED) is 0.539. The minimum Gasteiger partial charge on any atom is -0.355 e. The van der Waals surface area contributed by atoms with Gasteiger partial charge in [0.25, 0.3) is 0 Å². The predicted octanol–water partition coefficient (Wildman–Crippen LogP) is 0.354. The van der Waals surface area contributed by atoms with Crippen LogP contribution < -0.4 is 5.32 Å². The number of nitrogens with zero attached hydrogens (tertiary/aromatic N) is 2. The van der Waals surface area contributed by atoms with Crippen molar-refractivity contribution in [2.75, 3.05) is 6.54 Å². The third-order valence-electron chi connectivity index (χ3n) is 1.40. The van der Waals surface area contributed by atoms with Crippen molar-refractivity contribution >= 4 is 5.91 Å². The molecule has 1 aromatic rings. The molecule has 14 heavy (non-hydrogen) atoms. The maximum atomic E-state index is 10.5. The Kier molecular flexibility index (Phi) is 4.15. The lowest BCUT2D eigenvalue weighted by atomic mass is 10.3. The van der Waals surface area contributed by atoms with E-state index in [-0.39, 0.29) is 5.91 Å². The Morgan fingerprint density at radius 2 is 2.43 bits per heavy atom. The van der Waals surface area contributed by atoms with Crippen LogP contribution in [0, 0.1) is 11.8 Å². The average molecular weight is 189 g/mol. The van der Waals surface area contributed by atoms with Crippen LogP contribution in [0.5, 0.6) is 0 Å². The molecule has 0 aliphatic carbocycles. The molecule has 4 nitrogen and oxygen atoms in total. The molecule has 0 unspecified atom stereocenters. The van der Waals surface area contributed by atoms with Crippen molar-refractivity contribution in [1.82, 2.24) is 15.3 Å². The third kappa shape index (κ3) is 4.21. The number of carbonyl (C=O) groups is 1. The van der Waals surface area contributed by atoms with Crippen LogP contribution >= 0.6 is 0 Å². The molecule has 0 radical (unpaired) electrons. The van der Waals surface area contributed by atoms with Gasteiger partial charge < -0.3 is 5.32 Å². The van der Waals surface area contributed by atoms with Gasteiger partial charge in [-0.2, -0.15) is 0 Å². The maximum absolute atomic E-state index is 10.5. The molecule has 0 aliphatic heterocycles. The summed E-state index contributed by atoms with van der Waals surface area (Å²) in [4.78, 5) is 18.4. The van der Waals surface area contributed by atoms with Gasteiger partial charge in [0.05, 0.1) is 6.20 Å². The fourth-order valence-electron chi connectivity index (χ4n) is 0.818. The average Bonchev–Trinajstić information content (AvgIpc) is 2.18. The molecule has 0 bridgehead atoms. The number of amides is 1. The van der Waals surface area contributed by atoms with Crippen LogP contribution in [0.1, 0.15) is 19.0 Å². The molecule has 1 N–H and O–H groups in total. The second-order valence-electron chi connectivity index (χ2n) is 2.63. The summed E-state index contributed by atoms with van der Waals surface area (Å²) >= 11 is 0. The Bertz CT molecular complexity index is 351. The summed E-state index contributed by atoms with van der Waals surface area (Å²) in [5, 5.41) is 2.65. The number of aromatic nitrogens is 2. The van der Waals surface area contributed by atoms with E-state index < -0.39 is 0 Å². The second-order valence-corrected chi connectivity index (χ2v) is 2.63. The van der Waals surface area contributed by atoms with Crippen LogP contribution in [0.25, 0.3) is 0 Å².